The summed E-state index contributed by atoms with van der Waals surface area (Å²) in [6.07, 6.45) is 2.09. The summed E-state index contributed by atoms with van der Waals surface area (Å²) in [7, 11) is 1.96. The van der Waals surface area contributed by atoms with Gasteiger partial charge in [0.15, 0.2) is 5.82 Å². The molecule has 146 valence electrons. The van der Waals surface area contributed by atoms with Gasteiger partial charge in [-0.25, -0.2) is 9.97 Å². The number of aromatic nitrogens is 2. The van der Waals surface area contributed by atoms with Gasteiger partial charge < -0.3 is 10.2 Å². The van der Waals surface area contributed by atoms with Crippen LogP contribution in [-0.4, -0.2) is 29.5 Å². The zero-order valence-corrected chi connectivity index (χ0v) is 16.6. The fourth-order valence-electron chi connectivity index (χ4n) is 2.85. The molecule has 1 amide bonds. The Kier molecular flexibility index (Phi) is 6.54. The summed E-state index contributed by atoms with van der Waals surface area (Å²) >= 11 is 0. The van der Waals surface area contributed by atoms with Crippen LogP contribution >= 0.6 is 0 Å². The lowest BCUT2D eigenvalue weighted by atomic mass is 10.2. The molecule has 0 aliphatic carbocycles. The number of rotatable bonds is 7. The average Bonchev–Trinajstić information content (AvgIpc) is 2.78. The molecule has 1 aromatic heterocycles. The van der Waals surface area contributed by atoms with Crippen LogP contribution in [-0.2, 0) is 0 Å². The highest BCUT2D eigenvalue weighted by Gasteiger charge is 2.16. The summed E-state index contributed by atoms with van der Waals surface area (Å²) in [5.41, 5.74) is 1.95. The Balaban J connectivity index is 1.98. The number of anilines is 2. The average molecular weight is 385 g/mol. The summed E-state index contributed by atoms with van der Waals surface area (Å²) in [6.45, 7) is 2.97. The van der Waals surface area contributed by atoms with Crippen LogP contribution in [0, 0.1) is 11.3 Å². The smallest absolute Gasteiger partial charge is 0.274 e. The van der Waals surface area contributed by atoms with Gasteiger partial charge >= 0.3 is 0 Å². The highest BCUT2D eigenvalue weighted by Crippen LogP contribution is 2.21. The molecule has 3 rings (SSSR count). The highest BCUT2D eigenvalue weighted by molar-refractivity contribution is 6.04. The molecule has 29 heavy (non-hydrogen) atoms. The highest BCUT2D eigenvalue weighted by atomic mass is 16.1. The largest absolute Gasteiger partial charge is 0.360 e. The van der Waals surface area contributed by atoms with Crippen molar-refractivity contribution in [3.05, 3.63) is 71.9 Å². The molecule has 6 nitrogen and oxygen atoms in total. The van der Waals surface area contributed by atoms with E-state index in [9.17, 15) is 10.1 Å². The molecule has 0 aliphatic heterocycles. The minimum absolute atomic E-state index is 0.255. The van der Waals surface area contributed by atoms with E-state index < -0.39 is 0 Å². The number of nitriles is 1. The van der Waals surface area contributed by atoms with Gasteiger partial charge in [-0.2, -0.15) is 5.26 Å². The molecule has 0 radical (unpaired) electrons. The Morgan fingerprint density at radius 2 is 1.83 bits per heavy atom. The van der Waals surface area contributed by atoms with Gasteiger partial charge in [-0.05, 0) is 18.6 Å². The summed E-state index contributed by atoms with van der Waals surface area (Å²) < 4.78 is 0. The van der Waals surface area contributed by atoms with E-state index in [1.807, 2.05) is 42.3 Å². The van der Waals surface area contributed by atoms with E-state index in [0.717, 1.165) is 24.9 Å². The van der Waals surface area contributed by atoms with Crippen LogP contribution in [0.1, 0.15) is 35.8 Å². The molecular weight excluding hydrogens is 362 g/mol. The van der Waals surface area contributed by atoms with E-state index in [1.54, 1.807) is 30.3 Å². The Morgan fingerprint density at radius 1 is 1.10 bits per heavy atom. The monoisotopic (exact) mass is 385 g/mol. The minimum atomic E-state index is -0.377. The van der Waals surface area contributed by atoms with Crippen LogP contribution in [0.3, 0.4) is 0 Å². The van der Waals surface area contributed by atoms with E-state index >= 15 is 0 Å². The maximum Gasteiger partial charge on any atom is 0.274 e. The van der Waals surface area contributed by atoms with Crippen LogP contribution < -0.4 is 10.2 Å². The number of carbonyl (C=O) groups excluding carboxylic acids is 1. The van der Waals surface area contributed by atoms with E-state index in [2.05, 4.69) is 28.3 Å². The third-order valence-corrected chi connectivity index (χ3v) is 4.51. The van der Waals surface area contributed by atoms with Crippen LogP contribution in [0.5, 0.6) is 0 Å². The summed E-state index contributed by atoms with van der Waals surface area (Å²) in [5, 5.41) is 12.1. The molecule has 0 saturated carbocycles. The van der Waals surface area contributed by atoms with Gasteiger partial charge in [0.1, 0.15) is 17.6 Å². The maximum atomic E-state index is 12.9. The summed E-state index contributed by atoms with van der Waals surface area (Å²) in [5.74, 6) is 0.800. The molecule has 0 unspecified atom stereocenters. The Labute approximate surface area is 170 Å². The Hall–Kier alpha value is -3.72. The lowest BCUT2D eigenvalue weighted by Gasteiger charge is -2.19. The van der Waals surface area contributed by atoms with Crippen molar-refractivity contribution in [1.29, 1.82) is 5.26 Å². The maximum absolute atomic E-state index is 12.9. The third-order valence-electron chi connectivity index (χ3n) is 4.51. The van der Waals surface area contributed by atoms with Crippen molar-refractivity contribution in [2.75, 3.05) is 23.8 Å². The molecular formula is C23H23N5O. The van der Waals surface area contributed by atoms with Gasteiger partial charge in [0.2, 0.25) is 0 Å². The number of amides is 1. The molecule has 0 atom stereocenters. The third kappa shape index (κ3) is 4.96. The molecule has 3 aromatic rings. The molecule has 0 spiro atoms. The number of nitrogens with zero attached hydrogens (tertiary/aromatic N) is 4. The van der Waals surface area contributed by atoms with E-state index in [0.29, 0.717) is 22.9 Å². The molecule has 0 bridgehead atoms. The second kappa shape index (κ2) is 9.47. The number of hydrogen-bond acceptors (Lipinski definition) is 5. The Morgan fingerprint density at radius 3 is 2.55 bits per heavy atom. The van der Waals surface area contributed by atoms with Gasteiger partial charge in [-0.1, -0.05) is 55.8 Å². The fraction of sp³-hybridized carbons (Fsp3) is 0.217. The van der Waals surface area contributed by atoms with Crippen LogP contribution in [0.25, 0.3) is 11.4 Å². The first-order chi connectivity index (χ1) is 14.1. The Bertz CT molecular complexity index is 1030. The number of para-hydroxylation sites is 1. The molecule has 1 heterocycles. The number of carbonyl (C=O) groups is 1. The van der Waals surface area contributed by atoms with Gasteiger partial charge in [0, 0.05) is 25.2 Å². The van der Waals surface area contributed by atoms with Gasteiger partial charge in [0.25, 0.3) is 5.91 Å². The molecule has 0 saturated heterocycles. The second-order valence-corrected chi connectivity index (χ2v) is 6.69. The first-order valence-electron chi connectivity index (χ1n) is 9.58. The van der Waals surface area contributed by atoms with E-state index in [4.69, 9.17) is 0 Å². The zero-order chi connectivity index (χ0) is 20.6. The van der Waals surface area contributed by atoms with E-state index in [-0.39, 0.29) is 11.6 Å². The summed E-state index contributed by atoms with van der Waals surface area (Å²) in [6, 6.07) is 20.2. The number of hydrogen-bond donors (Lipinski definition) is 1. The molecule has 1 N–H and O–H groups in total. The van der Waals surface area contributed by atoms with Gasteiger partial charge in [0.05, 0.1) is 11.3 Å². The van der Waals surface area contributed by atoms with Crippen molar-refractivity contribution < 1.29 is 4.79 Å². The van der Waals surface area contributed by atoms with Crippen molar-refractivity contribution in [1.82, 2.24) is 9.97 Å². The lowest BCUT2D eigenvalue weighted by Crippen LogP contribution is -2.22. The van der Waals surface area contributed by atoms with Crippen molar-refractivity contribution in [2.24, 2.45) is 0 Å². The normalized spacial score (nSPS) is 10.2. The topological polar surface area (TPSA) is 81.9 Å². The molecule has 0 fully saturated rings. The molecule has 0 aliphatic rings. The van der Waals surface area contributed by atoms with Crippen LogP contribution in [0.15, 0.2) is 60.7 Å². The standard InChI is InChI=1S/C23H23N5O/c1-3-4-14-28(2)21-15-20(25-22(27-21)17-10-6-5-7-11-17)23(29)26-19-13-9-8-12-18(19)16-24/h5-13,15H,3-4,14H2,1-2H3,(H,26,29). The van der Waals surface area contributed by atoms with Gasteiger partial charge in [-0.15, -0.1) is 0 Å². The number of unbranched alkanes of at least 4 members (excludes halogenated alkanes) is 1. The predicted molar refractivity (Wildman–Crippen MR) is 115 cm³/mol. The van der Waals surface area contributed by atoms with Crippen LogP contribution in [0.4, 0.5) is 11.5 Å². The van der Waals surface area contributed by atoms with E-state index in [1.165, 1.54) is 0 Å². The first kappa shape index (κ1) is 20.0. The number of benzene rings is 2. The van der Waals surface area contributed by atoms with Crippen molar-refractivity contribution in [2.45, 2.75) is 19.8 Å². The minimum Gasteiger partial charge on any atom is -0.360 e. The lowest BCUT2D eigenvalue weighted by molar-refractivity contribution is 0.102. The second-order valence-electron chi connectivity index (χ2n) is 6.69. The van der Waals surface area contributed by atoms with Crippen molar-refractivity contribution >= 4 is 17.4 Å². The molecule has 2 aromatic carbocycles. The van der Waals surface area contributed by atoms with Crippen molar-refractivity contribution in [3.63, 3.8) is 0 Å². The zero-order valence-electron chi connectivity index (χ0n) is 16.6. The van der Waals surface area contributed by atoms with Crippen molar-refractivity contribution in [3.8, 4) is 17.5 Å². The molecule has 6 heteroatoms. The summed E-state index contributed by atoms with van der Waals surface area (Å²) in [4.78, 5) is 24.1. The fourth-order valence-corrected chi connectivity index (χ4v) is 2.85. The first-order valence-corrected chi connectivity index (χ1v) is 9.58. The van der Waals surface area contributed by atoms with Crippen LogP contribution in [0.2, 0.25) is 0 Å². The predicted octanol–water partition coefficient (Wildman–Crippen LogP) is 4.50. The number of nitrogens with one attached hydrogen (secondary N) is 1. The quantitative estimate of drug-likeness (QED) is 0.647. The SMILES string of the molecule is CCCCN(C)c1cc(C(=O)Nc2ccccc2C#N)nc(-c2ccccc2)n1. The van der Waals surface area contributed by atoms with Gasteiger partial charge in [-0.3, -0.25) is 4.79 Å².